The van der Waals surface area contributed by atoms with Gasteiger partial charge in [0.2, 0.25) is 0 Å². The Balaban J connectivity index is 1.73. The number of rotatable bonds is 3. The van der Waals surface area contributed by atoms with Crippen LogP contribution in [0.4, 0.5) is 0 Å². The SMILES string of the molecule is Clc1ccc(C2(c3nc(-c4ccc(Cl)c(Cl)c4)cs3)CC2)c(Cl)c1. The van der Waals surface area contributed by atoms with E-state index in [0.717, 1.165) is 34.7 Å². The summed E-state index contributed by atoms with van der Waals surface area (Å²) in [7, 11) is 0. The van der Waals surface area contributed by atoms with Crippen LogP contribution in [0.15, 0.2) is 41.8 Å². The van der Waals surface area contributed by atoms with Gasteiger partial charge in [-0.05, 0) is 42.7 Å². The molecule has 6 heteroatoms. The summed E-state index contributed by atoms with van der Waals surface area (Å²) in [6.45, 7) is 0. The van der Waals surface area contributed by atoms with E-state index in [2.05, 4.69) is 5.38 Å². The monoisotopic (exact) mass is 413 g/mol. The van der Waals surface area contributed by atoms with Gasteiger partial charge in [0, 0.05) is 26.4 Å². The third-order valence-corrected chi connectivity index (χ3v) is 6.66. The molecule has 0 bridgehead atoms. The first-order valence-electron chi connectivity index (χ1n) is 7.36. The van der Waals surface area contributed by atoms with Gasteiger partial charge in [0.1, 0.15) is 5.01 Å². The van der Waals surface area contributed by atoms with Crippen LogP contribution in [-0.4, -0.2) is 4.98 Å². The molecule has 1 nitrogen and oxygen atoms in total. The van der Waals surface area contributed by atoms with Crippen LogP contribution < -0.4 is 0 Å². The van der Waals surface area contributed by atoms with Crippen LogP contribution in [0.1, 0.15) is 23.4 Å². The Morgan fingerprint density at radius 3 is 2.33 bits per heavy atom. The molecule has 0 atom stereocenters. The molecule has 0 radical (unpaired) electrons. The summed E-state index contributed by atoms with van der Waals surface area (Å²) in [4.78, 5) is 4.85. The molecule has 1 aliphatic rings. The molecule has 0 saturated heterocycles. The highest BCUT2D eigenvalue weighted by Gasteiger charge is 2.49. The highest BCUT2D eigenvalue weighted by Crippen LogP contribution is 2.56. The van der Waals surface area contributed by atoms with Gasteiger partial charge in [-0.15, -0.1) is 11.3 Å². The molecule has 0 N–H and O–H groups in total. The zero-order valence-corrected chi connectivity index (χ0v) is 16.2. The summed E-state index contributed by atoms with van der Waals surface area (Å²) >= 11 is 26.2. The molecule has 1 saturated carbocycles. The lowest BCUT2D eigenvalue weighted by Crippen LogP contribution is -2.09. The predicted molar refractivity (Wildman–Crippen MR) is 104 cm³/mol. The predicted octanol–water partition coefficient (Wildman–Crippen LogP) is 7.50. The van der Waals surface area contributed by atoms with Crippen LogP contribution in [0.25, 0.3) is 11.3 Å². The Kier molecular flexibility index (Phi) is 4.30. The molecule has 0 aliphatic heterocycles. The molecule has 2 aromatic carbocycles. The second-order valence-corrected chi connectivity index (χ2v) is 8.39. The highest BCUT2D eigenvalue weighted by molar-refractivity contribution is 7.10. The minimum absolute atomic E-state index is 0.0825. The Labute approximate surface area is 164 Å². The second kappa shape index (κ2) is 6.19. The fourth-order valence-electron chi connectivity index (χ4n) is 2.88. The molecule has 3 aromatic rings. The van der Waals surface area contributed by atoms with Crippen molar-refractivity contribution in [2.45, 2.75) is 18.3 Å². The molecular weight excluding hydrogens is 404 g/mol. The topological polar surface area (TPSA) is 12.9 Å². The van der Waals surface area contributed by atoms with E-state index in [4.69, 9.17) is 51.4 Å². The first kappa shape index (κ1) is 16.7. The molecule has 4 rings (SSSR count). The molecule has 1 aromatic heterocycles. The minimum Gasteiger partial charge on any atom is -0.240 e. The number of nitrogens with zero attached hydrogens (tertiary/aromatic N) is 1. The van der Waals surface area contributed by atoms with Crippen LogP contribution in [0.5, 0.6) is 0 Å². The first-order valence-corrected chi connectivity index (χ1v) is 9.76. The number of hydrogen-bond acceptors (Lipinski definition) is 2. The smallest absolute Gasteiger partial charge is 0.104 e. The number of hydrogen-bond donors (Lipinski definition) is 0. The maximum Gasteiger partial charge on any atom is 0.104 e. The Bertz CT molecular complexity index is 931. The first-order chi connectivity index (χ1) is 11.5. The summed E-state index contributed by atoms with van der Waals surface area (Å²) < 4.78 is 0. The molecule has 24 heavy (non-hydrogen) atoms. The molecular formula is C18H11Cl4NS. The van der Waals surface area contributed by atoms with Gasteiger partial charge in [-0.25, -0.2) is 4.98 Å². The van der Waals surface area contributed by atoms with Crippen LogP contribution in [0.3, 0.4) is 0 Å². The van der Waals surface area contributed by atoms with Gasteiger partial charge < -0.3 is 0 Å². The zero-order valence-electron chi connectivity index (χ0n) is 12.3. The summed E-state index contributed by atoms with van der Waals surface area (Å²) in [5.74, 6) is 0. The van der Waals surface area contributed by atoms with E-state index in [1.54, 1.807) is 23.5 Å². The van der Waals surface area contributed by atoms with Crippen molar-refractivity contribution in [3.63, 3.8) is 0 Å². The van der Waals surface area contributed by atoms with Gasteiger partial charge in [-0.1, -0.05) is 58.5 Å². The maximum absolute atomic E-state index is 6.43. The van der Waals surface area contributed by atoms with Gasteiger partial charge in [-0.2, -0.15) is 0 Å². The average molecular weight is 415 g/mol. The van der Waals surface area contributed by atoms with Crippen LogP contribution in [-0.2, 0) is 5.41 Å². The van der Waals surface area contributed by atoms with E-state index in [1.807, 2.05) is 24.3 Å². The zero-order chi connectivity index (χ0) is 16.9. The van der Waals surface area contributed by atoms with E-state index in [0.29, 0.717) is 20.1 Å². The highest BCUT2D eigenvalue weighted by atomic mass is 35.5. The van der Waals surface area contributed by atoms with Crippen molar-refractivity contribution < 1.29 is 0 Å². The summed E-state index contributed by atoms with van der Waals surface area (Å²) in [5, 5.41) is 5.56. The Morgan fingerprint density at radius 1 is 0.875 bits per heavy atom. The standard InChI is InChI=1S/C18H11Cl4NS/c19-11-2-3-12(14(21)8-11)18(5-6-18)17-23-16(9-24-17)10-1-4-13(20)15(22)7-10/h1-4,7-9H,5-6H2. The molecule has 1 heterocycles. The van der Waals surface area contributed by atoms with E-state index in [-0.39, 0.29) is 5.41 Å². The van der Waals surface area contributed by atoms with E-state index in [9.17, 15) is 0 Å². The molecule has 0 unspecified atom stereocenters. The molecule has 1 fully saturated rings. The third-order valence-electron chi connectivity index (χ3n) is 4.33. The van der Waals surface area contributed by atoms with E-state index < -0.39 is 0 Å². The minimum atomic E-state index is -0.0825. The van der Waals surface area contributed by atoms with Crippen LogP contribution >= 0.6 is 57.7 Å². The van der Waals surface area contributed by atoms with E-state index in [1.165, 1.54) is 0 Å². The Hall–Kier alpha value is -0.770. The van der Waals surface area contributed by atoms with Gasteiger partial charge in [0.05, 0.1) is 15.7 Å². The number of halogens is 4. The third kappa shape index (κ3) is 2.85. The average Bonchev–Trinajstić information content (AvgIpc) is 3.18. The molecule has 1 aliphatic carbocycles. The number of thiazole rings is 1. The quantitative estimate of drug-likeness (QED) is 0.432. The lowest BCUT2D eigenvalue weighted by Gasteiger charge is -2.14. The molecule has 0 amide bonds. The van der Waals surface area contributed by atoms with Crippen molar-refractivity contribution >= 4 is 57.7 Å². The number of aromatic nitrogens is 1. The van der Waals surface area contributed by atoms with Crippen LogP contribution in [0.2, 0.25) is 20.1 Å². The van der Waals surface area contributed by atoms with Crippen molar-refractivity contribution in [3.05, 3.63) is 72.4 Å². The maximum atomic E-state index is 6.43. The van der Waals surface area contributed by atoms with Crippen molar-refractivity contribution in [1.82, 2.24) is 4.98 Å². The van der Waals surface area contributed by atoms with E-state index >= 15 is 0 Å². The van der Waals surface area contributed by atoms with Gasteiger partial charge >= 0.3 is 0 Å². The summed E-state index contributed by atoms with van der Waals surface area (Å²) in [5.41, 5.74) is 2.89. The fourth-order valence-corrected chi connectivity index (χ4v) is 4.87. The van der Waals surface area contributed by atoms with Gasteiger partial charge in [0.25, 0.3) is 0 Å². The molecule has 122 valence electrons. The summed E-state index contributed by atoms with van der Waals surface area (Å²) in [6.07, 6.45) is 2.09. The van der Waals surface area contributed by atoms with Crippen LogP contribution in [0, 0.1) is 0 Å². The normalized spacial score (nSPS) is 15.5. The summed E-state index contributed by atoms with van der Waals surface area (Å²) in [6, 6.07) is 11.3. The fraction of sp³-hybridized carbons (Fsp3) is 0.167. The van der Waals surface area contributed by atoms with Gasteiger partial charge in [0.15, 0.2) is 0 Å². The van der Waals surface area contributed by atoms with Crippen molar-refractivity contribution in [3.8, 4) is 11.3 Å². The Morgan fingerprint density at radius 2 is 1.67 bits per heavy atom. The molecule has 0 spiro atoms. The lowest BCUT2D eigenvalue weighted by molar-refractivity contribution is 0.835. The number of benzene rings is 2. The van der Waals surface area contributed by atoms with Crippen molar-refractivity contribution in [2.24, 2.45) is 0 Å². The second-order valence-electron chi connectivity index (χ2n) is 5.87. The van der Waals surface area contributed by atoms with Crippen molar-refractivity contribution in [1.29, 1.82) is 0 Å². The largest absolute Gasteiger partial charge is 0.240 e. The lowest BCUT2D eigenvalue weighted by atomic mass is 9.96. The van der Waals surface area contributed by atoms with Crippen molar-refractivity contribution in [2.75, 3.05) is 0 Å². The van der Waals surface area contributed by atoms with Gasteiger partial charge in [-0.3, -0.25) is 0 Å².